The molecule has 0 fully saturated rings. The van der Waals surface area contributed by atoms with Gasteiger partial charge in [0.25, 0.3) is 0 Å². The molecule has 5 nitrogen and oxygen atoms in total. The van der Waals surface area contributed by atoms with Crippen LogP contribution in [0.2, 0.25) is 0 Å². The van der Waals surface area contributed by atoms with Crippen LogP contribution in [0.5, 0.6) is 0 Å². The van der Waals surface area contributed by atoms with Crippen LogP contribution in [0.3, 0.4) is 0 Å². The van der Waals surface area contributed by atoms with E-state index in [0.29, 0.717) is 5.69 Å². The van der Waals surface area contributed by atoms with Crippen molar-refractivity contribution in [1.29, 1.82) is 0 Å². The number of hydrogen-bond donors (Lipinski definition) is 1. The van der Waals surface area contributed by atoms with E-state index in [2.05, 4.69) is 15.5 Å². The van der Waals surface area contributed by atoms with E-state index in [1.54, 1.807) is 26.8 Å². The number of nitrogens with one attached hydrogen (secondary N) is 1. The number of amides is 1. The first kappa shape index (κ1) is 10.4. The summed E-state index contributed by atoms with van der Waals surface area (Å²) >= 11 is 0. The number of hydrogen-bond acceptors (Lipinski definition) is 4. The Bertz CT molecular complexity index is 306. The maximum Gasteiger partial charge on any atom is 0.412 e. The lowest BCUT2D eigenvalue weighted by Gasteiger charge is -2.19. The first-order valence-corrected chi connectivity index (χ1v) is 4.24. The second-order valence-corrected chi connectivity index (χ2v) is 3.76. The molecule has 1 N–H and O–H groups in total. The Morgan fingerprint density at radius 2 is 2.14 bits per heavy atom. The van der Waals surface area contributed by atoms with E-state index in [1.165, 1.54) is 12.4 Å². The van der Waals surface area contributed by atoms with Crippen molar-refractivity contribution in [3.63, 3.8) is 0 Å². The molecule has 1 aromatic heterocycles. The fourth-order valence-corrected chi connectivity index (χ4v) is 0.786. The van der Waals surface area contributed by atoms with Crippen molar-refractivity contribution in [2.45, 2.75) is 26.4 Å². The molecule has 1 amide bonds. The van der Waals surface area contributed by atoms with Gasteiger partial charge in [0.05, 0.1) is 18.1 Å². The van der Waals surface area contributed by atoms with Gasteiger partial charge < -0.3 is 4.74 Å². The summed E-state index contributed by atoms with van der Waals surface area (Å²) in [6.07, 6.45) is 2.45. The molecular weight excluding hydrogens is 182 g/mol. The first-order valence-electron chi connectivity index (χ1n) is 4.24. The van der Waals surface area contributed by atoms with Crippen LogP contribution >= 0.6 is 0 Å². The summed E-state index contributed by atoms with van der Waals surface area (Å²) in [6.45, 7) is 5.41. The van der Waals surface area contributed by atoms with Crippen molar-refractivity contribution in [1.82, 2.24) is 10.2 Å². The monoisotopic (exact) mass is 195 g/mol. The standard InChI is InChI=1S/C9H13N3O2/c1-9(2,3)14-8(13)12-7-4-5-10-11-6-7/h4-6H,1-3H3,(H,10,12,13). The minimum absolute atomic E-state index is 0.495. The molecule has 0 aliphatic heterocycles. The van der Waals surface area contributed by atoms with Gasteiger partial charge in [-0.3, -0.25) is 5.32 Å². The Labute approximate surface area is 82.5 Å². The second-order valence-electron chi connectivity index (χ2n) is 3.76. The number of rotatable bonds is 1. The van der Waals surface area contributed by atoms with Crippen LogP contribution < -0.4 is 5.32 Å². The smallest absolute Gasteiger partial charge is 0.412 e. The Hall–Kier alpha value is -1.65. The highest BCUT2D eigenvalue weighted by Crippen LogP contribution is 2.09. The largest absolute Gasteiger partial charge is 0.444 e. The summed E-state index contributed by atoms with van der Waals surface area (Å²) < 4.78 is 5.04. The van der Waals surface area contributed by atoms with Gasteiger partial charge in [-0.25, -0.2) is 4.79 Å². The summed E-state index contributed by atoms with van der Waals surface area (Å²) in [5.41, 5.74) is 0.0686. The Morgan fingerprint density at radius 1 is 1.43 bits per heavy atom. The van der Waals surface area contributed by atoms with Crippen molar-refractivity contribution in [3.8, 4) is 0 Å². The van der Waals surface area contributed by atoms with Crippen LogP contribution in [0, 0.1) is 0 Å². The zero-order chi connectivity index (χ0) is 10.6. The van der Waals surface area contributed by atoms with Gasteiger partial charge in [0.15, 0.2) is 0 Å². The Balaban J connectivity index is 2.50. The van der Waals surface area contributed by atoms with Gasteiger partial charge in [-0.05, 0) is 26.8 Å². The van der Waals surface area contributed by atoms with Crippen molar-refractivity contribution >= 4 is 11.8 Å². The lowest BCUT2D eigenvalue weighted by atomic mass is 10.2. The van der Waals surface area contributed by atoms with Crippen LogP contribution in [0.1, 0.15) is 20.8 Å². The topological polar surface area (TPSA) is 64.1 Å². The molecule has 1 rings (SSSR count). The third-order valence-electron chi connectivity index (χ3n) is 1.23. The highest BCUT2D eigenvalue weighted by atomic mass is 16.6. The summed E-state index contributed by atoms with van der Waals surface area (Å²) in [4.78, 5) is 11.2. The zero-order valence-electron chi connectivity index (χ0n) is 8.44. The Kier molecular flexibility index (Phi) is 3.01. The molecule has 0 atom stereocenters. The van der Waals surface area contributed by atoms with Gasteiger partial charge in [-0.15, -0.1) is 0 Å². The number of aromatic nitrogens is 2. The minimum atomic E-state index is -0.495. The van der Waals surface area contributed by atoms with Gasteiger partial charge in [-0.1, -0.05) is 0 Å². The summed E-state index contributed by atoms with van der Waals surface area (Å²) in [7, 11) is 0. The molecule has 1 aromatic rings. The normalized spacial score (nSPS) is 10.8. The van der Waals surface area contributed by atoms with E-state index in [9.17, 15) is 4.79 Å². The minimum Gasteiger partial charge on any atom is -0.444 e. The quantitative estimate of drug-likeness (QED) is 0.742. The maximum absolute atomic E-state index is 11.2. The van der Waals surface area contributed by atoms with Gasteiger partial charge in [0, 0.05) is 0 Å². The zero-order valence-corrected chi connectivity index (χ0v) is 8.44. The molecule has 0 aliphatic rings. The van der Waals surface area contributed by atoms with E-state index in [0.717, 1.165) is 0 Å². The molecule has 76 valence electrons. The van der Waals surface area contributed by atoms with Gasteiger partial charge in [0.2, 0.25) is 0 Å². The predicted octanol–water partition coefficient (Wildman–Crippen LogP) is 1.82. The van der Waals surface area contributed by atoms with Crippen molar-refractivity contribution < 1.29 is 9.53 Å². The molecule has 0 aliphatic carbocycles. The van der Waals surface area contributed by atoms with Crippen LogP contribution in [-0.2, 0) is 4.74 Å². The van der Waals surface area contributed by atoms with Crippen LogP contribution in [0.25, 0.3) is 0 Å². The molecule has 0 radical (unpaired) electrons. The molecule has 0 spiro atoms. The third kappa shape index (κ3) is 3.84. The molecular formula is C9H13N3O2. The van der Waals surface area contributed by atoms with E-state index in [-0.39, 0.29) is 0 Å². The SMILES string of the molecule is CC(C)(C)OC(=O)Nc1ccnnc1. The van der Waals surface area contributed by atoms with E-state index in [1.807, 2.05) is 0 Å². The van der Waals surface area contributed by atoms with Crippen molar-refractivity contribution in [2.75, 3.05) is 5.32 Å². The highest BCUT2D eigenvalue weighted by molar-refractivity contribution is 5.84. The average Bonchev–Trinajstić information content (AvgIpc) is 2.02. The Morgan fingerprint density at radius 3 is 2.64 bits per heavy atom. The molecule has 0 bridgehead atoms. The molecule has 0 saturated heterocycles. The molecule has 0 unspecified atom stereocenters. The predicted molar refractivity (Wildman–Crippen MR) is 51.9 cm³/mol. The summed E-state index contributed by atoms with van der Waals surface area (Å²) in [5.74, 6) is 0. The number of anilines is 1. The van der Waals surface area contributed by atoms with Crippen LogP contribution in [-0.4, -0.2) is 21.9 Å². The average molecular weight is 195 g/mol. The number of carbonyl (C=O) groups excluding carboxylic acids is 1. The number of nitrogens with zero attached hydrogens (tertiary/aromatic N) is 2. The van der Waals surface area contributed by atoms with E-state index >= 15 is 0 Å². The first-order chi connectivity index (χ1) is 6.47. The maximum atomic E-state index is 11.2. The summed E-state index contributed by atoms with van der Waals surface area (Å²) in [5, 5.41) is 9.73. The summed E-state index contributed by atoms with van der Waals surface area (Å²) in [6, 6.07) is 1.64. The number of carbonyl (C=O) groups is 1. The molecule has 14 heavy (non-hydrogen) atoms. The molecule has 1 heterocycles. The lowest BCUT2D eigenvalue weighted by Crippen LogP contribution is -2.27. The second kappa shape index (κ2) is 4.04. The fourth-order valence-electron chi connectivity index (χ4n) is 0.786. The van der Waals surface area contributed by atoms with Crippen LogP contribution in [0.15, 0.2) is 18.5 Å². The van der Waals surface area contributed by atoms with Gasteiger partial charge in [-0.2, -0.15) is 10.2 Å². The molecule has 0 saturated carbocycles. The van der Waals surface area contributed by atoms with Crippen LogP contribution in [0.4, 0.5) is 10.5 Å². The van der Waals surface area contributed by atoms with E-state index < -0.39 is 11.7 Å². The molecule has 5 heteroatoms. The van der Waals surface area contributed by atoms with Crippen molar-refractivity contribution in [2.24, 2.45) is 0 Å². The highest BCUT2D eigenvalue weighted by Gasteiger charge is 2.15. The molecule has 0 aromatic carbocycles. The number of ether oxygens (including phenoxy) is 1. The van der Waals surface area contributed by atoms with Gasteiger partial charge >= 0.3 is 6.09 Å². The van der Waals surface area contributed by atoms with E-state index in [4.69, 9.17) is 4.74 Å². The third-order valence-corrected chi connectivity index (χ3v) is 1.23. The van der Waals surface area contributed by atoms with Gasteiger partial charge in [0.1, 0.15) is 5.60 Å². The fraction of sp³-hybridized carbons (Fsp3) is 0.444. The van der Waals surface area contributed by atoms with Crippen molar-refractivity contribution in [3.05, 3.63) is 18.5 Å². The lowest BCUT2D eigenvalue weighted by molar-refractivity contribution is 0.0636.